The normalized spacial score (nSPS) is 26.0. The zero-order valence-electron chi connectivity index (χ0n) is 5.73. The van der Waals surface area contributed by atoms with Gasteiger partial charge in [0.15, 0.2) is 0 Å². The maximum atomic E-state index is 3.32. The number of rotatable bonds is 1. The molecule has 1 N–H and O–H groups in total. The Balaban J connectivity index is 2.23. The van der Waals surface area contributed by atoms with Crippen LogP contribution in [0.3, 0.4) is 0 Å². The molecule has 1 aliphatic heterocycles. The lowest BCUT2D eigenvalue weighted by atomic mass is 10.4. The minimum Gasteiger partial charge on any atom is -0.314 e. The smallest absolute Gasteiger partial charge is 0.0590 e. The fourth-order valence-electron chi connectivity index (χ4n) is 1.04. The number of nitrogens with one attached hydrogen (secondary N) is 1. The number of nitrogens with zero attached hydrogens (tertiary/aromatic N) is 1. The highest BCUT2D eigenvalue weighted by molar-refractivity contribution is 14.1. The summed E-state index contributed by atoms with van der Waals surface area (Å²) >= 11 is 2.46. The number of halogens is 1. The van der Waals surface area contributed by atoms with Crippen molar-refractivity contribution in [1.29, 1.82) is 0 Å². The molecule has 0 aliphatic carbocycles. The van der Waals surface area contributed by atoms with Crippen LogP contribution in [0.15, 0.2) is 0 Å². The van der Waals surface area contributed by atoms with E-state index in [0.29, 0.717) is 4.05 Å². The minimum atomic E-state index is 0.699. The summed E-state index contributed by atoms with van der Waals surface area (Å²) in [7, 11) is 0. The van der Waals surface area contributed by atoms with Gasteiger partial charge < -0.3 is 5.32 Å². The average molecular weight is 240 g/mol. The molecule has 2 nitrogen and oxygen atoms in total. The second-order valence-corrected chi connectivity index (χ2v) is 4.16. The zero-order valence-corrected chi connectivity index (χ0v) is 7.89. The molecule has 0 bridgehead atoms. The van der Waals surface area contributed by atoms with Crippen molar-refractivity contribution in [3.63, 3.8) is 0 Å². The van der Waals surface area contributed by atoms with Gasteiger partial charge in [0.2, 0.25) is 0 Å². The molecule has 1 aliphatic rings. The van der Waals surface area contributed by atoms with Gasteiger partial charge in [-0.1, -0.05) is 22.6 Å². The third-order valence-electron chi connectivity index (χ3n) is 1.65. The molecular formula is C6H13IN2. The van der Waals surface area contributed by atoms with Crippen LogP contribution in [-0.2, 0) is 0 Å². The number of hydrogen-bond acceptors (Lipinski definition) is 2. The van der Waals surface area contributed by atoms with Crippen LogP contribution in [-0.4, -0.2) is 35.1 Å². The Morgan fingerprint density at radius 1 is 1.44 bits per heavy atom. The van der Waals surface area contributed by atoms with Crippen molar-refractivity contribution < 1.29 is 0 Å². The molecule has 0 spiro atoms. The molecule has 54 valence electrons. The van der Waals surface area contributed by atoms with E-state index in [-0.39, 0.29) is 0 Å². The van der Waals surface area contributed by atoms with Crippen LogP contribution >= 0.6 is 22.6 Å². The maximum absolute atomic E-state index is 3.32. The summed E-state index contributed by atoms with van der Waals surface area (Å²) in [5.74, 6) is 0. The SMILES string of the molecule is CC(I)N1CCNCC1. The summed E-state index contributed by atoms with van der Waals surface area (Å²) in [4.78, 5) is 2.48. The lowest BCUT2D eigenvalue weighted by molar-refractivity contribution is 0.243. The molecule has 9 heavy (non-hydrogen) atoms. The lowest BCUT2D eigenvalue weighted by Gasteiger charge is -2.29. The first-order valence-electron chi connectivity index (χ1n) is 3.39. The topological polar surface area (TPSA) is 15.3 Å². The van der Waals surface area contributed by atoms with E-state index in [4.69, 9.17) is 0 Å². The largest absolute Gasteiger partial charge is 0.314 e. The molecule has 1 fully saturated rings. The molecule has 1 rings (SSSR count). The molecular weight excluding hydrogens is 227 g/mol. The van der Waals surface area contributed by atoms with Gasteiger partial charge >= 0.3 is 0 Å². The highest BCUT2D eigenvalue weighted by atomic mass is 127. The zero-order chi connectivity index (χ0) is 6.69. The summed E-state index contributed by atoms with van der Waals surface area (Å²) in [5, 5.41) is 3.32. The molecule has 1 atom stereocenters. The average Bonchev–Trinajstić information content (AvgIpc) is 1.90. The first kappa shape index (κ1) is 7.75. The van der Waals surface area contributed by atoms with Crippen molar-refractivity contribution in [2.75, 3.05) is 26.2 Å². The van der Waals surface area contributed by atoms with Crippen LogP contribution in [0.2, 0.25) is 0 Å². The third-order valence-corrected chi connectivity index (χ3v) is 2.44. The van der Waals surface area contributed by atoms with Crippen molar-refractivity contribution in [1.82, 2.24) is 10.2 Å². The summed E-state index contributed by atoms with van der Waals surface area (Å²) in [5.41, 5.74) is 0. The molecule has 0 saturated carbocycles. The van der Waals surface area contributed by atoms with Gasteiger partial charge in [-0.25, -0.2) is 0 Å². The Morgan fingerprint density at radius 3 is 2.33 bits per heavy atom. The van der Waals surface area contributed by atoms with E-state index in [1.54, 1.807) is 0 Å². The number of alkyl halides is 1. The summed E-state index contributed by atoms with van der Waals surface area (Å²) < 4.78 is 0.699. The van der Waals surface area contributed by atoms with Crippen LogP contribution in [0.4, 0.5) is 0 Å². The molecule has 0 aromatic rings. The number of piperazine rings is 1. The van der Waals surface area contributed by atoms with Crippen LogP contribution in [0.5, 0.6) is 0 Å². The Labute approximate surface area is 70.1 Å². The molecule has 3 heteroatoms. The molecule has 0 aromatic carbocycles. The van der Waals surface area contributed by atoms with Gasteiger partial charge in [-0.3, -0.25) is 4.90 Å². The monoisotopic (exact) mass is 240 g/mol. The predicted octanol–water partition coefficient (Wildman–Crippen LogP) is 0.673. The number of hydrogen-bond donors (Lipinski definition) is 1. The van der Waals surface area contributed by atoms with Gasteiger partial charge in [-0.2, -0.15) is 0 Å². The van der Waals surface area contributed by atoms with Gasteiger partial charge in [0.1, 0.15) is 0 Å². The quantitative estimate of drug-likeness (QED) is 0.412. The van der Waals surface area contributed by atoms with Gasteiger partial charge in [-0.15, -0.1) is 0 Å². The second-order valence-electron chi connectivity index (χ2n) is 2.36. The first-order valence-corrected chi connectivity index (χ1v) is 4.64. The Hall–Kier alpha value is 0.650. The van der Waals surface area contributed by atoms with Crippen molar-refractivity contribution in [3.05, 3.63) is 0 Å². The van der Waals surface area contributed by atoms with Crippen LogP contribution in [0, 0.1) is 0 Å². The van der Waals surface area contributed by atoms with Crippen LogP contribution in [0.1, 0.15) is 6.92 Å². The predicted molar refractivity (Wildman–Crippen MR) is 47.9 cm³/mol. The molecule has 1 saturated heterocycles. The van der Waals surface area contributed by atoms with Crippen LogP contribution in [0.25, 0.3) is 0 Å². The standard InChI is InChI=1S/C6H13IN2/c1-6(7)9-4-2-8-3-5-9/h6,8H,2-5H2,1H3. The second kappa shape index (κ2) is 3.73. The molecule has 0 radical (unpaired) electrons. The van der Waals surface area contributed by atoms with Crippen molar-refractivity contribution in [2.24, 2.45) is 0 Å². The van der Waals surface area contributed by atoms with E-state index >= 15 is 0 Å². The highest BCUT2D eigenvalue weighted by Crippen LogP contribution is 2.06. The molecule has 0 aromatic heterocycles. The van der Waals surface area contributed by atoms with Gasteiger partial charge in [0.25, 0.3) is 0 Å². The molecule has 1 heterocycles. The Kier molecular flexibility index (Phi) is 3.21. The summed E-state index contributed by atoms with van der Waals surface area (Å²) in [6, 6.07) is 0. The van der Waals surface area contributed by atoms with E-state index < -0.39 is 0 Å². The van der Waals surface area contributed by atoms with Gasteiger partial charge in [0.05, 0.1) is 4.05 Å². The minimum absolute atomic E-state index is 0.699. The summed E-state index contributed by atoms with van der Waals surface area (Å²) in [6.07, 6.45) is 0. The first-order chi connectivity index (χ1) is 4.30. The third kappa shape index (κ3) is 2.39. The van der Waals surface area contributed by atoms with E-state index in [0.717, 1.165) is 13.1 Å². The van der Waals surface area contributed by atoms with E-state index in [2.05, 4.69) is 39.7 Å². The molecule has 1 unspecified atom stereocenters. The van der Waals surface area contributed by atoms with Gasteiger partial charge in [-0.05, 0) is 6.92 Å². The van der Waals surface area contributed by atoms with Crippen molar-refractivity contribution in [3.8, 4) is 0 Å². The Bertz CT molecular complexity index is 79.1. The van der Waals surface area contributed by atoms with Crippen molar-refractivity contribution in [2.45, 2.75) is 11.0 Å². The highest BCUT2D eigenvalue weighted by Gasteiger charge is 2.12. The Morgan fingerprint density at radius 2 is 2.00 bits per heavy atom. The maximum Gasteiger partial charge on any atom is 0.0590 e. The van der Waals surface area contributed by atoms with Gasteiger partial charge in [0, 0.05) is 26.2 Å². The van der Waals surface area contributed by atoms with Crippen molar-refractivity contribution >= 4 is 22.6 Å². The molecule has 0 amide bonds. The fraction of sp³-hybridized carbons (Fsp3) is 1.00. The van der Waals surface area contributed by atoms with Crippen LogP contribution < -0.4 is 5.32 Å². The fourth-order valence-corrected chi connectivity index (χ4v) is 1.59. The summed E-state index contributed by atoms with van der Waals surface area (Å²) in [6.45, 7) is 6.99. The van der Waals surface area contributed by atoms with E-state index in [1.807, 2.05) is 0 Å². The van der Waals surface area contributed by atoms with E-state index in [1.165, 1.54) is 13.1 Å². The lowest BCUT2D eigenvalue weighted by Crippen LogP contribution is -2.45. The van der Waals surface area contributed by atoms with E-state index in [9.17, 15) is 0 Å².